The van der Waals surface area contributed by atoms with Gasteiger partial charge >= 0.3 is 0 Å². The number of nitriles is 4. The van der Waals surface area contributed by atoms with Crippen LogP contribution in [-0.2, 0) is 36.5 Å². The van der Waals surface area contributed by atoms with E-state index in [-0.39, 0.29) is 44.5 Å². The predicted octanol–water partition coefficient (Wildman–Crippen LogP) is 26.2. The normalized spacial score (nSPS) is 14.8. The van der Waals surface area contributed by atoms with E-state index in [4.69, 9.17) is 8.75 Å². The van der Waals surface area contributed by atoms with Crippen molar-refractivity contribution in [3.8, 4) is 43.8 Å². The maximum Gasteiger partial charge on any atom is 0.194 e. The van der Waals surface area contributed by atoms with Gasteiger partial charge in [0.25, 0.3) is 0 Å². The molecule has 0 unspecified atom stereocenters. The highest BCUT2D eigenvalue weighted by Gasteiger charge is 2.54. The van der Waals surface area contributed by atoms with Crippen molar-refractivity contribution in [1.29, 1.82) is 21.0 Å². The fraction of sp³-hybridized carbons (Fsp3) is 0.277. The molecule has 0 spiro atoms. The molecule has 7 aromatic carbocycles. The zero-order chi connectivity index (χ0) is 77.0. The molecule has 4 aliphatic rings. The Balaban J connectivity index is 0.995. The molecule has 111 heavy (non-hydrogen) atoms. The number of benzene rings is 7. The van der Waals surface area contributed by atoms with Gasteiger partial charge in [0.15, 0.2) is 34.8 Å². The van der Waals surface area contributed by atoms with Gasteiger partial charge in [-0.2, -0.15) is 29.8 Å². The molecule has 0 radical (unpaired) electrons. The molecule has 16 rings (SSSR count). The lowest BCUT2D eigenvalue weighted by molar-refractivity contribution is 0.103. The van der Waals surface area contributed by atoms with Crippen LogP contribution < -0.4 is 0 Å². The monoisotopic (exact) mass is 1560 g/mol. The van der Waals surface area contributed by atoms with Crippen LogP contribution in [0.15, 0.2) is 156 Å². The van der Waals surface area contributed by atoms with Gasteiger partial charge in [-0.05, 0) is 167 Å². The minimum absolute atomic E-state index is 0.0178. The average molecular weight is 1560 g/mol. The maximum atomic E-state index is 15.3. The lowest BCUT2D eigenvalue weighted by Gasteiger charge is -2.34. The summed E-state index contributed by atoms with van der Waals surface area (Å²) in [7, 11) is 0. The Bertz CT molecular complexity index is 5600. The minimum atomic E-state index is -1.22. The van der Waals surface area contributed by atoms with Crippen LogP contribution in [0.25, 0.3) is 74.0 Å². The lowest BCUT2D eigenvalue weighted by Crippen LogP contribution is -2.28. The molecule has 0 saturated carbocycles. The van der Waals surface area contributed by atoms with E-state index < -0.39 is 56.8 Å². The van der Waals surface area contributed by atoms with E-state index >= 15 is 17.6 Å². The fourth-order valence-electron chi connectivity index (χ4n) is 17.6. The molecule has 17 heteroatoms. The van der Waals surface area contributed by atoms with Gasteiger partial charge in [0.05, 0.1) is 51.5 Å². The smallest absolute Gasteiger partial charge is 0.194 e. The third-order valence-electron chi connectivity index (χ3n) is 23.0. The number of nitrogens with zero attached hydrogens (tertiary/aromatic N) is 6. The summed E-state index contributed by atoms with van der Waals surface area (Å²) >= 11 is 7.51. The van der Waals surface area contributed by atoms with Crippen molar-refractivity contribution < 1.29 is 27.2 Å². The van der Waals surface area contributed by atoms with Crippen LogP contribution in [0, 0.1) is 68.6 Å². The second kappa shape index (κ2) is 31.1. The molecule has 4 aliphatic carbocycles. The summed E-state index contributed by atoms with van der Waals surface area (Å²) in [6, 6.07) is 51.8. The van der Waals surface area contributed by atoms with Gasteiger partial charge in [0.1, 0.15) is 46.5 Å². The molecule has 0 atom stereocenters. The molecule has 0 fully saturated rings. The topological polar surface area (TPSA) is 155 Å². The standard InChI is InChI=1S/C94H76F4N6O2S5/c1-5-9-13-17-21-53-25-33-59(34-26-53)93(60-35-27-54(28-36-60)22-18-14-10-6-2)71-43-63(41-69-77(57(49-99)50-100)65-45-73(95)75(97)47-67(65)85(69)105)107-87(71)91-81(93)79-83-84(104-111-103-83)80-82-92(110-90(80)89(79)109-91)88-72(44-64(108-88)42-70-78(58(51-101)52-102)66-46-74(96)76(98)48-68(66)86(70)106)94(82,61-37-29-55(30-38-61)23-19-15-11-7-3)62-39-31-56(32-40-62)24-20-16-12-8-4/h25-48H,5-24H2,1-4H3/b69-41-,70-42-. The summed E-state index contributed by atoms with van der Waals surface area (Å²) in [4.78, 5) is 34.7. The molecule has 0 saturated heterocycles. The van der Waals surface area contributed by atoms with E-state index in [0.717, 1.165) is 248 Å². The fourth-order valence-corrected chi connectivity index (χ4v) is 23.7. The predicted molar refractivity (Wildman–Crippen MR) is 444 cm³/mol. The highest BCUT2D eigenvalue weighted by Crippen LogP contribution is 2.69. The van der Waals surface area contributed by atoms with Crippen molar-refractivity contribution in [2.45, 2.75) is 167 Å². The van der Waals surface area contributed by atoms with Crippen molar-refractivity contribution in [2.24, 2.45) is 0 Å². The van der Waals surface area contributed by atoms with Crippen LogP contribution in [-0.4, -0.2) is 20.3 Å². The first-order valence-corrected chi connectivity index (χ1v) is 42.6. The molecule has 5 heterocycles. The quantitative estimate of drug-likeness (QED) is 0.0225. The zero-order valence-corrected chi connectivity index (χ0v) is 66.1. The summed E-state index contributed by atoms with van der Waals surface area (Å²) in [5.74, 6) is -6.13. The summed E-state index contributed by atoms with van der Waals surface area (Å²) in [5.41, 5.74) is 10.9. The second-order valence-corrected chi connectivity index (χ2v) is 34.4. The van der Waals surface area contributed by atoms with Crippen molar-refractivity contribution in [3.05, 3.63) is 278 Å². The van der Waals surface area contributed by atoms with Gasteiger partial charge in [-0.3, -0.25) is 9.59 Å². The number of halogens is 4. The lowest BCUT2D eigenvalue weighted by atomic mass is 9.66. The third kappa shape index (κ3) is 12.5. The first-order valence-electron chi connectivity index (χ1n) is 38.7. The third-order valence-corrected chi connectivity index (χ3v) is 28.5. The van der Waals surface area contributed by atoms with Crippen LogP contribution in [0.5, 0.6) is 0 Å². The first-order chi connectivity index (χ1) is 54.2. The van der Waals surface area contributed by atoms with E-state index in [0.29, 0.717) is 9.75 Å². The van der Waals surface area contributed by atoms with Gasteiger partial charge in [-0.15, -0.1) is 45.3 Å². The van der Waals surface area contributed by atoms with Crippen molar-refractivity contribution in [1.82, 2.24) is 8.75 Å². The Morgan fingerprint density at radius 2 is 0.685 bits per heavy atom. The number of aromatic nitrogens is 2. The molecule has 0 N–H and O–H groups in total. The van der Waals surface area contributed by atoms with Crippen LogP contribution in [0.4, 0.5) is 17.6 Å². The van der Waals surface area contributed by atoms with E-state index in [1.807, 2.05) is 24.3 Å². The van der Waals surface area contributed by atoms with Gasteiger partial charge in [0.2, 0.25) is 0 Å². The minimum Gasteiger partial charge on any atom is -0.289 e. The number of allylic oxidation sites excluding steroid dienone is 6. The van der Waals surface area contributed by atoms with Crippen molar-refractivity contribution >= 4 is 123 Å². The number of hydrogen-bond acceptors (Lipinski definition) is 13. The molecule has 0 amide bonds. The van der Waals surface area contributed by atoms with Gasteiger partial charge < -0.3 is 0 Å². The van der Waals surface area contributed by atoms with Crippen LogP contribution >= 0.6 is 57.1 Å². The molecule has 552 valence electrons. The number of ketones is 2. The number of rotatable bonds is 26. The Kier molecular flexibility index (Phi) is 20.9. The number of Topliss-reactive ketones (excluding diaryl/α,β-unsaturated/α-hetero) is 2. The van der Waals surface area contributed by atoms with E-state index in [1.165, 1.54) is 56.7 Å². The van der Waals surface area contributed by atoms with E-state index in [9.17, 15) is 30.6 Å². The molecule has 12 aromatic rings. The van der Waals surface area contributed by atoms with Gasteiger partial charge in [-0.1, -0.05) is 202 Å². The van der Waals surface area contributed by atoms with Crippen molar-refractivity contribution in [2.75, 3.05) is 0 Å². The number of fused-ring (bicyclic) bond motifs is 16. The molecule has 0 bridgehead atoms. The number of hydrogen-bond donors (Lipinski definition) is 0. The number of thiophene rings is 4. The Morgan fingerprint density at radius 3 is 0.973 bits per heavy atom. The molecular formula is C94H76F4N6O2S5. The van der Waals surface area contributed by atoms with E-state index in [1.54, 1.807) is 34.8 Å². The largest absolute Gasteiger partial charge is 0.289 e. The second-order valence-electron chi connectivity index (χ2n) is 29.6. The maximum absolute atomic E-state index is 15.3. The van der Waals surface area contributed by atoms with Crippen LogP contribution in [0.1, 0.15) is 239 Å². The zero-order valence-electron chi connectivity index (χ0n) is 62.1. The molecular weight excluding hydrogens is 1480 g/mol. The number of aryl methyl sites for hydroxylation is 4. The van der Waals surface area contributed by atoms with Crippen LogP contribution in [0.2, 0.25) is 0 Å². The summed E-state index contributed by atoms with van der Waals surface area (Å²) in [5, 5.41) is 43.9. The Hall–Kier alpha value is -10.3. The summed E-state index contributed by atoms with van der Waals surface area (Å²) in [6.07, 6.45) is 24.7. The Morgan fingerprint density at radius 1 is 0.387 bits per heavy atom. The number of unbranched alkanes of at least 4 members (excludes halogenated alkanes) is 12. The number of carbonyl (C=O) groups excluding carboxylic acids is 2. The Labute approximate surface area is 663 Å². The van der Waals surface area contributed by atoms with Gasteiger partial charge in [-0.25, -0.2) is 17.6 Å². The van der Waals surface area contributed by atoms with Gasteiger partial charge in [0, 0.05) is 65.1 Å². The first kappa shape index (κ1) is 74.7. The highest BCUT2D eigenvalue weighted by atomic mass is 32.1. The molecule has 0 aliphatic heterocycles. The van der Waals surface area contributed by atoms with E-state index in [2.05, 4.69) is 137 Å². The van der Waals surface area contributed by atoms with Crippen molar-refractivity contribution in [3.63, 3.8) is 0 Å². The molecule has 5 aromatic heterocycles. The summed E-state index contributed by atoms with van der Waals surface area (Å²) < 4.78 is 74.1. The van der Waals surface area contributed by atoms with Crippen LogP contribution in [0.3, 0.4) is 0 Å². The summed E-state index contributed by atoms with van der Waals surface area (Å²) in [6.45, 7) is 8.87. The number of carbonyl (C=O) groups is 2. The highest BCUT2D eigenvalue weighted by molar-refractivity contribution is 7.33. The SMILES string of the molecule is CCCCCCc1ccc(C2(c3ccc(CCCCCC)cc3)c3cc(/C=C4\C(=O)c5cc(F)c(F)cc5C4=C(C#N)C#N)sc3-c3sc4c5sc6c(c5c5nsnc5c4c32)C(c2ccc(CCCCCC)cc2)(c2ccc(CCCCCC)cc2)c2cc(/C=C3\C(=O)c4cc(F)c(F)cc4C3=C(C#N)C#N)sc2-6)cc1. The molecule has 8 nitrogen and oxygen atoms in total. The average Bonchev–Trinajstić information content (AvgIpc) is 1.48.